The highest BCUT2D eigenvalue weighted by atomic mass is 35.6. The average Bonchev–Trinajstić information content (AvgIpc) is 2.01. The molecule has 0 bridgehead atoms. The van der Waals surface area contributed by atoms with Crippen molar-refractivity contribution in [3.05, 3.63) is 0 Å². The van der Waals surface area contributed by atoms with Crippen molar-refractivity contribution in [2.24, 2.45) is 0 Å². The Kier molecular flexibility index (Phi) is 6.29. The molecule has 0 amide bonds. The summed E-state index contributed by atoms with van der Waals surface area (Å²) in [5, 5.41) is 0. The summed E-state index contributed by atoms with van der Waals surface area (Å²) in [6.45, 7) is 9.09. The van der Waals surface area contributed by atoms with E-state index < -0.39 is 7.38 Å². The van der Waals surface area contributed by atoms with Crippen LogP contribution in [0, 0.1) is 0 Å². The number of rotatable bonds is 6. The van der Waals surface area contributed by atoms with Gasteiger partial charge in [0.1, 0.15) is 0 Å². The molecular weight excluding hydrogens is 184 g/mol. The lowest BCUT2D eigenvalue weighted by atomic mass is 10.4. The highest BCUT2D eigenvalue weighted by Gasteiger charge is 2.32. The zero-order valence-corrected chi connectivity index (χ0v) is 10.7. The molecular formula is C10H23ClSi. The Bertz CT molecular complexity index is 114. The fraction of sp³-hybridized carbons (Fsp3) is 1.00. The number of halogens is 1. The topological polar surface area (TPSA) is 0 Å². The molecule has 0 radical (unpaired) electrons. The van der Waals surface area contributed by atoms with Crippen LogP contribution in [0.3, 0.4) is 0 Å². The standard InChI is InChI=1S/C10H23ClSi/c1-5-7-9-12(11,8-6-2)10(3)4/h10H,5-9H2,1-4H3. The first-order valence-electron chi connectivity index (χ1n) is 5.25. The fourth-order valence-electron chi connectivity index (χ4n) is 1.59. The van der Waals surface area contributed by atoms with Gasteiger partial charge >= 0.3 is 0 Å². The Hall–Kier alpha value is 0.507. The van der Waals surface area contributed by atoms with Gasteiger partial charge in [0.15, 0.2) is 7.38 Å². The van der Waals surface area contributed by atoms with Crippen molar-refractivity contribution < 1.29 is 0 Å². The van der Waals surface area contributed by atoms with Crippen LogP contribution in [0.5, 0.6) is 0 Å². The third-order valence-electron chi connectivity index (χ3n) is 2.65. The van der Waals surface area contributed by atoms with Gasteiger partial charge in [0.05, 0.1) is 0 Å². The van der Waals surface area contributed by atoms with E-state index in [1.165, 1.54) is 31.4 Å². The van der Waals surface area contributed by atoms with E-state index in [4.69, 9.17) is 11.1 Å². The summed E-state index contributed by atoms with van der Waals surface area (Å²) in [5.41, 5.74) is 0.741. The van der Waals surface area contributed by atoms with Gasteiger partial charge in [0.2, 0.25) is 0 Å². The molecule has 0 aromatic rings. The molecule has 0 aliphatic rings. The van der Waals surface area contributed by atoms with E-state index >= 15 is 0 Å². The molecule has 12 heavy (non-hydrogen) atoms. The van der Waals surface area contributed by atoms with Crippen LogP contribution in [0.1, 0.15) is 47.0 Å². The lowest BCUT2D eigenvalue weighted by Gasteiger charge is -2.28. The van der Waals surface area contributed by atoms with Crippen LogP contribution < -0.4 is 0 Å². The van der Waals surface area contributed by atoms with Crippen LogP contribution in [0.15, 0.2) is 0 Å². The number of unbranched alkanes of at least 4 members (excludes halogenated alkanes) is 1. The van der Waals surface area contributed by atoms with Gasteiger partial charge in [0, 0.05) is 0 Å². The van der Waals surface area contributed by atoms with Crippen LogP contribution in [0.4, 0.5) is 0 Å². The molecule has 0 aromatic carbocycles. The van der Waals surface area contributed by atoms with E-state index in [1.54, 1.807) is 0 Å². The predicted octanol–water partition coefficient (Wildman–Crippen LogP) is 4.79. The molecule has 74 valence electrons. The van der Waals surface area contributed by atoms with Gasteiger partial charge in [-0.2, -0.15) is 11.1 Å². The highest BCUT2D eigenvalue weighted by Crippen LogP contribution is 2.35. The summed E-state index contributed by atoms with van der Waals surface area (Å²) >= 11 is 6.69. The molecule has 0 aliphatic carbocycles. The molecule has 0 rings (SSSR count). The third kappa shape index (κ3) is 3.95. The van der Waals surface area contributed by atoms with Gasteiger partial charge in [-0.3, -0.25) is 0 Å². The maximum atomic E-state index is 6.69. The van der Waals surface area contributed by atoms with Gasteiger partial charge in [-0.05, 0) is 17.6 Å². The minimum absolute atomic E-state index is 0.741. The Morgan fingerprint density at radius 2 is 1.67 bits per heavy atom. The number of hydrogen-bond donors (Lipinski definition) is 0. The summed E-state index contributed by atoms with van der Waals surface area (Å²) in [6.07, 6.45) is 3.88. The van der Waals surface area contributed by atoms with Crippen molar-refractivity contribution >= 4 is 18.5 Å². The smallest absolute Gasteiger partial charge is 0.159 e. The van der Waals surface area contributed by atoms with Gasteiger partial charge in [-0.15, -0.1) is 0 Å². The molecule has 2 heteroatoms. The molecule has 0 saturated carbocycles. The van der Waals surface area contributed by atoms with Gasteiger partial charge in [-0.25, -0.2) is 0 Å². The maximum Gasteiger partial charge on any atom is 0.159 e. The Morgan fingerprint density at radius 1 is 1.08 bits per heavy atom. The molecule has 0 heterocycles. The van der Waals surface area contributed by atoms with Crippen molar-refractivity contribution in [3.63, 3.8) is 0 Å². The largest absolute Gasteiger partial charge is 0.167 e. The molecule has 0 fully saturated rings. The molecule has 0 N–H and O–H groups in total. The Morgan fingerprint density at radius 3 is 2.00 bits per heavy atom. The number of hydrogen-bond acceptors (Lipinski definition) is 0. The molecule has 0 aliphatic heterocycles. The fourth-order valence-corrected chi connectivity index (χ4v) is 5.73. The van der Waals surface area contributed by atoms with Crippen LogP contribution in [-0.2, 0) is 0 Å². The molecule has 0 spiro atoms. The first kappa shape index (κ1) is 12.5. The minimum atomic E-state index is -1.38. The zero-order chi connectivity index (χ0) is 9.61. The van der Waals surface area contributed by atoms with Gasteiger partial charge in [0.25, 0.3) is 0 Å². The summed E-state index contributed by atoms with van der Waals surface area (Å²) in [5.74, 6) is 0. The molecule has 0 nitrogen and oxygen atoms in total. The van der Waals surface area contributed by atoms with Crippen LogP contribution in [0.25, 0.3) is 0 Å². The zero-order valence-electron chi connectivity index (χ0n) is 8.99. The van der Waals surface area contributed by atoms with E-state index in [0.29, 0.717) is 0 Å². The van der Waals surface area contributed by atoms with Gasteiger partial charge < -0.3 is 0 Å². The molecule has 1 unspecified atom stereocenters. The molecule has 0 aromatic heterocycles. The Labute approximate surface area is 83.4 Å². The van der Waals surface area contributed by atoms with E-state index in [1.807, 2.05) is 0 Å². The van der Waals surface area contributed by atoms with E-state index in [9.17, 15) is 0 Å². The second kappa shape index (κ2) is 6.04. The van der Waals surface area contributed by atoms with E-state index in [-0.39, 0.29) is 0 Å². The van der Waals surface area contributed by atoms with E-state index in [2.05, 4.69) is 27.7 Å². The van der Waals surface area contributed by atoms with Crippen LogP contribution >= 0.6 is 11.1 Å². The summed E-state index contributed by atoms with van der Waals surface area (Å²) < 4.78 is 0. The first-order valence-corrected chi connectivity index (χ1v) is 8.76. The monoisotopic (exact) mass is 206 g/mol. The van der Waals surface area contributed by atoms with Gasteiger partial charge in [-0.1, -0.05) is 47.0 Å². The second-order valence-corrected chi connectivity index (χ2v) is 10.5. The third-order valence-corrected chi connectivity index (χ3v) is 9.67. The van der Waals surface area contributed by atoms with Crippen molar-refractivity contribution in [2.45, 2.75) is 64.6 Å². The van der Waals surface area contributed by atoms with E-state index in [0.717, 1.165) is 5.54 Å². The predicted molar refractivity (Wildman–Crippen MR) is 61.5 cm³/mol. The first-order chi connectivity index (χ1) is 5.56. The quantitative estimate of drug-likeness (QED) is 0.433. The van der Waals surface area contributed by atoms with Crippen molar-refractivity contribution in [2.75, 3.05) is 0 Å². The normalized spacial score (nSPS) is 16.5. The summed E-state index contributed by atoms with van der Waals surface area (Å²) in [6, 6.07) is 2.61. The molecule has 1 atom stereocenters. The lowest BCUT2D eigenvalue weighted by molar-refractivity contribution is 0.839. The lowest BCUT2D eigenvalue weighted by Crippen LogP contribution is -2.30. The maximum absolute atomic E-state index is 6.69. The van der Waals surface area contributed by atoms with Crippen molar-refractivity contribution in [1.29, 1.82) is 0 Å². The average molecular weight is 207 g/mol. The second-order valence-electron chi connectivity index (χ2n) is 4.04. The SMILES string of the molecule is CCCC[Si](Cl)(CCC)C(C)C. The van der Waals surface area contributed by atoms with Crippen molar-refractivity contribution in [1.82, 2.24) is 0 Å². The Balaban J connectivity index is 3.99. The van der Waals surface area contributed by atoms with Crippen molar-refractivity contribution in [3.8, 4) is 0 Å². The summed E-state index contributed by atoms with van der Waals surface area (Å²) in [4.78, 5) is 0. The highest BCUT2D eigenvalue weighted by molar-refractivity contribution is 7.21. The minimum Gasteiger partial charge on any atom is -0.167 e. The van der Waals surface area contributed by atoms with Crippen LogP contribution in [-0.4, -0.2) is 7.38 Å². The summed E-state index contributed by atoms with van der Waals surface area (Å²) in [7, 11) is -1.38. The van der Waals surface area contributed by atoms with Crippen LogP contribution in [0.2, 0.25) is 17.6 Å². The molecule has 0 saturated heterocycles.